The first-order valence-electron chi connectivity index (χ1n) is 7.96. The quantitative estimate of drug-likeness (QED) is 0.791. The van der Waals surface area contributed by atoms with Gasteiger partial charge in [0.2, 0.25) is 0 Å². The lowest BCUT2D eigenvalue weighted by molar-refractivity contribution is -0.0866. The molecule has 0 amide bonds. The second kappa shape index (κ2) is 5.80. The third-order valence-electron chi connectivity index (χ3n) is 5.06. The topological polar surface area (TPSA) is 35.5 Å². The van der Waals surface area contributed by atoms with Crippen molar-refractivity contribution in [3.05, 3.63) is 29.3 Å². The Morgan fingerprint density at radius 3 is 2.76 bits per heavy atom. The Balaban J connectivity index is 1.76. The largest absolute Gasteiger partial charge is 0.496 e. The van der Waals surface area contributed by atoms with Gasteiger partial charge in [0, 0.05) is 18.1 Å². The Hall–Kier alpha value is -1.35. The molecule has 1 atom stereocenters. The third-order valence-corrected chi connectivity index (χ3v) is 5.06. The molecule has 3 nitrogen and oxygen atoms in total. The number of rotatable bonds is 3. The van der Waals surface area contributed by atoms with E-state index in [1.54, 1.807) is 7.11 Å². The lowest BCUT2D eigenvalue weighted by Gasteiger charge is -2.37. The number of Topliss-reactive ketones (excluding diaryl/α,β-unsaturated/α-hetero) is 1. The molecule has 1 aromatic carbocycles. The molecule has 1 heterocycles. The number of aryl methyl sites for hydroxylation is 1. The van der Waals surface area contributed by atoms with E-state index in [0.29, 0.717) is 0 Å². The van der Waals surface area contributed by atoms with Gasteiger partial charge in [-0.25, -0.2) is 0 Å². The molecule has 21 heavy (non-hydrogen) atoms. The molecule has 0 bridgehead atoms. The van der Waals surface area contributed by atoms with Crippen LogP contribution in [0.3, 0.4) is 0 Å². The predicted octanol–water partition coefficient (Wildman–Crippen LogP) is 3.93. The number of methoxy groups -OCH3 is 1. The van der Waals surface area contributed by atoms with E-state index in [9.17, 15) is 4.79 Å². The monoisotopic (exact) mass is 288 g/mol. The van der Waals surface area contributed by atoms with Crippen molar-refractivity contribution in [2.24, 2.45) is 5.92 Å². The van der Waals surface area contributed by atoms with Gasteiger partial charge < -0.3 is 9.47 Å². The van der Waals surface area contributed by atoms with Crippen molar-refractivity contribution in [2.75, 3.05) is 13.7 Å². The second-order valence-electron chi connectivity index (χ2n) is 6.48. The summed E-state index contributed by atoms with van der Waals surface area (Å²) < 4.78 is 11.3. The maximum atomic E-state index is 12.8. The molecule has 2 fully saturated rings. The molecule has 1 saturated carbocycles. The lowest BCUT2D eigenvalue weighted by Crippen LogP contribution is -2.39. The molecule has 0 radical (unpaired) electrons. The smallest absolute Gasteiger partial charge is 0.166 e. The minimum atomic E-state index is 0.0000909. The number of ketones is 1. The zero-order chi connectivity index (χ0) is 14.9. The maximum Gasteiger partial charge on any atom is 0.166 e. The standard InChI is InChI=1S/C18H24O3/c1-13-11-14(5-6-16(13)20-2)17(19)15-7-10-21-18(12-15)8-3-4-9-18/h5-6,11,15H,3-4,7-10,12H2,1-2H3. The van der Waals surface area contributed by atoms with Crippen molar-refractivity contribution in [1.29, 1.82) is 0 Å². The van der Waals surface area contributed by atoms with Crippen molar-refractivity contribution < 1.29 is 14.3 Å². The van der Waals surface area contributed by atoms with Gasteiger partial charge in [-0.1, -0.05) is 12.8 Å². The van der Waals surface area contributed by atoms with E-state index < -0.39 is 0 Å². The highest BCUT2D eigenvalue weighted by atomic mass is 16.5. The summed E-state index contributed by atoms with van der Waals surface area (Å²) in [6, 6.07) is 5.75. The van der Waals surface area contributed by atoms with Gasteiger partial charge in [-0.3, -0.25) is 4.79 Å². The Labute approximate surface area is 126 Å². The van der Waals surface area contributed by atoms with E-state index in [1.807, 2.05) is 25.1 Å². The van der Waals surface area contributed by atoms with Gasteiger partial charge in [-0.05, 0) is 56.4 Å². The van der Waals surface area contributed by atoms with Gasteiger partial charge in [-0.2, -0.15) is 0 Å². The normalized spacial score (nSPS) is 24.2. The van der Waals surface area contributed by atoms with Crippen LogP contribution in [0.25, 0.3) is 0 Å². The molecule has 1 saturated heterocycles. The fourth-order valence-electron chi connectivity index (χ4n) is 3.89. The minimum absolute atomic E-state index is 0.0000909. The number of hydrogen-bond donors (Lipinski definition) is 0. The lowest BCUT2D eigenvalue weighted by atomic mass is 9.80. The zero-order valence-electron chi connectivity index (χ0n) is 13.0. The average Bonchev–Trinajstić information content (AvgIpc) is 2.94. The number of carbonyl (C=O) groups excluding carboxylic acids is 1. The molecule has 1 aliphatic heterocycles. The number of benzene rings is 1. The molecule has 1 spiro atoms. The SMILES string of the molecule is COc1ccc(C(=O)C2CCOC3(CCCC3)C2)cc1C. The fourth-order valence-corrected chi connectivity index (χ4v) is 3.89. The van der Waals surface area contributed by atoms with Crippen LogP contribution in [0, 0.1) is 12.8 Å². The highest BCUT2D eigenvalue weighted by Gasteiger charge is 2.42. The first-order valence-corrected chi connectivity index (χ1v) is 7.96. The highest BCUT2D eigenvalue weighted by Crippen LogP contribution is 2.42. The molecular formula is C18H24O3. The molecule has 1 aliphatic carbocycles. The van der Waals surface area contributed by atoms with E-state index in [1.165, 1.54) is 12.8 Å². The summed E-state index contributed by atoms with van der Waals surface area (Å²) in [5.41, 5.74) is 1.83. The van der Waals surface area contributed by atoms with Gasteiger partial charge in [-0.15, -0.1) is 0 Å². The fraction of sp³-hybridized carbons (Fsp3) is 0.611. The summed E-state index contributed by atoms with van der Waals surface area (Å²) in [6.45, 7) is 2.71. The molecular weight excluding hydrogens is 264 g/mol. The van der Waals surface area contributed by atoms with Gasteiger partial charge in [0.25, 0.3) is 0 Å². The van der Waals surface area contributed by atoms with Crippen molar-refractivity contribution in [1.82, 2.24) is 0 Å². The van der Waals surface area contributed by atoms with E-state index in [4.69, 9.17) is 9.47 Å². The van der Waals surface area contributed by atoms with Crippen LogP contribution in [0.15, 0.2) is 18.2 Å². The van der Waals surface area contributed by atoms with E-state index in [2.05, 4.69) is 0 Å². The van der Waals surface area contributed by atoms with Crippen LogP contribution in [0.4, 0.5) is 0 Å². The molecule has 3 rings (SSSR count). The summed E-state index contributed by atoms with van der Waals surface area (Å²) in [4.78, 5) is 12.8. The van der Waals surface area contributed by atoms with Crippen LogP contribution < -0.4 is 4.74 Å². The predicted molar refractivity (Wildman–Crippen MR) is 81.9 cm³/mol. The minimum Gasteiger partial charge on any atom is -0.496 e. The molecule has 0 N–H and O–H groups in total. The van der Waals surface area contributed by atoms with Crippen LogP contribution in [0.2, 0.25) is 0 Å². The van der Waals surface area contributed by atoms with Crippen LogP contribution in [0.1, 0.15) is 54.4 Å². The Bertz CT molecular complexity index is 529. The van der Waals surface area contributed by atoms with Gasteiger partial charge in [0.1, 0.15) is 5.75 Å². The van der Waals surface area contributed by atoms with Gasteiger partial charge in [0.05, 0.1) is 12.7 Å². The second-order valence-corrected chi connectivity index (χ2v) is 6.48. The Morgan fingerprint density at radius 1 is 1.33 bits per heavy atom. The maximum absolute atomic E-state index is 12.8. The molecule has 1 aromatic rings. The van der Waals surface area contributed by atoms with Crippen LogP contribution in [-0.2, 0) is 4.74 Å². The third kappa shape index (κ3) is 2.84. The number of hydrogen-bond acceptors (Lipinski definition) is 3. The summed E-state index contributed by atoms with van der Waals surface area (Å²) >= 11 is 0. The van der Waals surface area contributed by atoms with Crippen LogP contribution in [0.5, 0.6) is 5.75 Å². The molecule has 3 heteroatoms. The molecule has 1 unspecified atom stereocenters. The first kappa shape index (κ1) is 14.6. The van der Waals surface area contributed by atoms with Crippen molar-refractivity contribution in [3.63, 3.8) is 0 Å². The van der Waals surface area contributed by atoms with Gasteiger partial charge in [0.15, 0.2) is 5.78 Å². The van der Waals surface area contributed by atoms with Crippen LogP contribution >= 0.6 is 0 Å². The zero-order valence-corrected chi connectivity index (χ0v) is 13.0. The molecule has 2 aliphatic rings. The van der Waals surface area contributed by atoms with Crippen molar-refractivity contribution in [3.8, 4) is 5.75 Å². The summed E-state index contributed by atoms with van der Waals surface area (Å²) in [5, 5.41) is 0. The molecule has 0 aromatic heterocycles. The summed E-state index contributed by atoms with van der Waals surface area (Å²) in [6.07, 6.45) is 6.48. The van der Waals surface area contributed by atoms with Crippen molar-refractivity contribution in [2.45, 2.75) is 51.0 Å². The van der Waals surface area contributed by atoms with Crippen molar-refractivity contribution >= 4 is 5.78 Å². The first-order chi connectivity index (χ1) is 10.1. The summed E-state index contributed by atoms with van der Waals surface area (Å²) in [5.74, 6) is 1.23. The number of carbonyl (C=O) groups is 1. The Morgan fingerprint density at radius 2 is 2.10 bits per heavy atom. The average molecular weight is 288 g/mol. The van der Waals surface area contributed by atoms with Crippen LogP contribution in [-0.4, -0.2) is 25.1 Å². The van der Waals surface area contributed by atoms with E-state index >= 15 is 0 Å². The number of ether oxygens (including phenoxy) is 2. The Kier molecular flexibility index (Phi) is 4.03. The summed E-state index contributed by atoms with van der Waals surface area (Å²) in [7, 11) is 1.66. The van der Waals surface area contributed by atoms with Gasteiger partial charge >= 0.3 is 0 Å². The molecule has 114 valence electrons. The highest BCUT2D eigenvalue weighted by molar-refractivity contribution is 5.98. The van der Waals surface area contributed by atoms with E-state index in [0.717, 1.165) is 49.2 Å². The van der Waals surface area contributed by atoms with E-state index in [-0.39, 0.29) is 17.3 Å².